The molecule has 2 aliphatic rings. The molecule has 160 valence electrons. The Morgan fingerprint density at radius 2 is 1.77 bits per heavy atom. The zero-order valence-electron chi connectivity index (χ0n) is 16.5. The van der Waals surface area contributed by atoms with E-state index >= 15 is 0 Å². The van der Waals surface area contributed by atoms with E-state index in [1.54, 1.807) is 21.6 Å². The molecule has 0 aliphatic carbocycles. The Morgan fingerprint density at radius 3 is 2.37 bits per heavy atom. The lowest BCUT2D eigenvalue weighted by atomic mass is 10.0. The number of thiophene rings is 1. The predicted molar refractivity (Wildman–Crippen MR) is 108 cm³/mol. The number of aromatic amines is 1. The number of carbonyl (C=O) groups excluding carboxylic acids is 3. The molecule has 2 aromatic rings. The summed E-state index contributed by atoms with van der Waals surface area (Å²) < 4.78 is 0. The second-order valence-corrected chi connectivity index (χ2v) is 7.70. The van der Waals surface area contributed by atoms with Crippen molar-refractivity contribution in [3.8, 4) is 0 Å². The molecule has 0 spiro atoms. The molecule has 1 saturated heterocycles. The van der Waals surface area contributed by atoms with Gasteiger partial charge in [-0.1, -0.05) is 0 Å². The molecule has 3 amide bonds. The number of carboxylic acid groups (broad SMARTS) is 1. The first kappa shape index (κ1) is 21.5. The number of H-pyrrole nitrogens is 1. The van der Waals surface area contributed by atoms with Crippen molar-refractivity contribution in [1.29, 1.82) is 0 Å². The number of piperazine rings is 1. The molecule has 0 unspecified atom stereocenters. The molecule has 2 N–H and O–H groups in total. The fourth-order valence-electron chi connectivity index (χ4n) is 3.61. The van der Waals surface area contributed by atoms with Crippen molar-refractivity contribution in [2.24, 2.45) is 0 Å². The summed E-state index contributed by atoms with van der Waals surface area (Å²) in [5.74, 6) is -0.0623. The van der Waals surface area contributed by atoms with Crippen molar-refractivity contribution in [3.05, 3.63) is 39.3 Å². The highest BCUT2D eigenvalue weighted by molar-refractivity contribution is 7.08. The fraction of sp³-hybridized carbons (Fsp3) is 0.421. The smallest absolute Gasteiger partial charge is 0.290 e. The lowest BCUT2D eigenvalue weighted by molar-refractivity contribution is -0.130. The Morgan fingerprint density at radius 1 is 1.10 bits per heavy atom. The number of carbonyl (C=O) groups is 4. The highest BCUT2D eigenvalue weighted by Crippen LogP contribution is 2.23. The average Bonchev–Trinajstić information content (AvgIpc) is 3.43. The van der Waals surface area contributed by atoms with Gasteiger partial charge in [0.2, 0.25) is 5.91 Å². The standard InChI is InChI=1S/C18H21N5O3S.CH2O2/c1-12(24)21-5-7-22(8-6-21)18(26)16-14-2-4-23(10-15(14)19-20-16)17(25)13-3-9-27-11-13;2-1-3/h3,9,11H,2,4-8,10H2,1H3,(H,19,20);1H,(H,2,3). The lowest BCUT2D eigenvalue weighted by Crippen LogP contribution is -2.50. The van der Waals surface area contributed by atoms with Crippen LogP contribution in [-0.2, 0) is 22.6 Å². The van der Waals surface area contributed by atoms with Gasteiger partial charge in [0.15, 0.2) is 5.69 Å². The van der Waals surface area contributed by atoms with Gasteiger partial charge < -0.3 is 19.8 Å². The van der Waals surface area contributed by atoms with E-state index in [1.165, 1.54) is 11.3 Å². The average molecular weight is 433 g/mol. The minimum Gasteiger partial charge on any atom is -0.483 e. The van der Waals surface area contributed by atoms with E-state index in [4.69, 9.17) is 9.90 Å². The maximum atomic E-state index is 12.9. The summed E-state index contributed by atoms with van der Waals surface area (Å²) in [5, 5.41) is 17.8. The minimum atomic E-state index is -0.250. The van der Waals surface area contributed by atoms with Crippen LogP contribution in [0.25, 0.3) is 0 Å². The predicted octanol–water partition coefficient (Wildman–Crippen LogP) is 0.675. The Kier molecular flexibility index (Phi) is 6.83. The SMILES string of the molecule is CC(=O)N1CCN(C(=O)c2n[nH]c3c2CCN(C(=O)c2ccsc2)C3)CC1.O=CO. The number of rotatable bonds is 2. The van der Waals surface area contributed by atoms with Gasteiger partial charge >= 0.3 is 0 Å². The number of hydrogen-bond acceptors (Lipinski definition) is 6. The molecule has 4 rings (SSSR count). The van der Waals surface area contributed by atoms with Gasteiger partial charge in [-0.25, -0.2) is 0 Å². The summed E-state index contributed by atoms with van der Waals surface area (Å²) in [6.45, 7) is 4.44. The van der Waals surface area contributed by atoms with Gasteiger partial charge in [0, 0.05) is 50.6 Å². The molecule has 2 aliphatic heterocycles. The second kappa shape index (κ2) is 9.53. The van der Waals surface area contributed by atoms with E-state index in [2.05, 4.69) is 10.2 Å². The van der Waals surface area contributed by atoms with Gasteiger partial charge in [0.25, 0.3) is 18.3 Å². The van der Waals surface area contributed by atoms with Crippen LogP contribution in [0.2, 0.25) is 0 Å². The first-order valence-corrected chi connectivity index (χ1v) is 10.4. The Bertz CT molecular complexity index is 918. The van der Waals surface area contributed by atoms with Crippen LogP contribution >= 0.6 is 11.3 Å². The van der Waals surface area contributed by atoms with E-state index in [0.29, 0.717) is 56.9 Å². The van der Waals surface area contributed by atoms with E-state index in [0.717, 1.165) is 11.3 Å². The number of hydrogen-bond donors (Lipinski definition) is 2. The Labute approximate surface area is 177 Å². The quantitative estimate of drug-likeness (QED) is 0.671. The molecule has 11 heteroatoms. The number of aromatic nitrogens is 2. The van der Waals surface area contributed by atoms with Crippen LogP contribution in [0.3, 0.4) is 0 Å². The largest absolute Gasteiger partial charge is 0.483 e. The monoisotopic (exact) mass is 433 g/mol. The highest BCUT2D eigenvalue weighted by Gasteiger charge is 2.31. The number of amides is 3. The third kappa shape index (κ3) is 4.51. The Hall–Kier alpha value is -3.21. The van der Waals surface area contributed by atoms with Crippen molar-refractivity contribution in [2.75, 3.05) is 32.7 Å². The van der Waals surface area contributed by atoms with E-state index in [-0.39, 0.29) is 24.2 Å². The van der Waals surface area contributed by atoms with Crippen LogP contribution in [0, 0.1) is 0 Å². The zero-order valence-corrected chi connectivity index (χ0v) is 17.4. The number of nitrogens with one attached hydrogen (secondary N) is 1. The first-order valence-electron chi connectivity index (χ1n) is 9.46. The second-order valence-electron chi connectivity index (χ2n) is 6.92. The maximum absolute atomic E-state index is 12.9. The zero-order chi connectivity index (χ0) is 21.7. The fourth-order valence-corrected chi connectivity index (χ4v) is 4.24. The van der Waals surface area contributed by atoms with Crippen LogP contribution in [0.4, 0.5) is 0 Å². The van der Waals surface area contributed by atoms with Crippen LogP contribution in [0.5, 0.6) is 0 Å². The van der Waals surface area contributed by atoms with Crippen molar-refractivity contribution >= 4 is 35.5 Å². The van der Waals surface area contributed by atoms with Gasteiger partial charge in [-0.05, 0) is 17.9 Å². The van der Waals surface area contributed by atoms with Gasteiger partial charge in [-0.15, -0.1) is 0 Å². The molecule has 30 heavy (non-hydrogen) atoms. The van der Waals surface area contributed by atoms with Crippen molar-refractivity contribution in [3.63, 3.8) is 0 Å². The molecule has 0 aromatic carbocycles. The van der Waals surface area contributed by atoms with Crippen molar-refractivity contribution < 1.29 is 24.3 Å². The van der Waals surface area contributed by atoms with Gasteiger partial charge in [-0.3, -0.25) is 24.3 Å². The first-order chi connectivity index (χ1) is 14.5. The minimum absolute atomic E-state index is 0.00438. The molecule has 1 fully saturated rings. The highest BCUT2D eigenvalue weighted by atomic mass is 32.1. The summed E-state index contributed by atoms with van der Waals surface area (Å²) in [4.78, 5) is 50.5. The molecule has 10 nitrogen and oxygen atoms in total. The molecular formula is C19H23N5O5S. The summed E-state index contributed by atoms with van der Waals surface area (Å²) >= 11 is 1.50. The van der Waals surface area contributed by atoms with E-state index in [1.807, 2.05) is 16.8 Å². The summed E-state index contributed by atoms with van der Waals surface area (Å²) in [7, 11) is 0. The summed E-state index contributed by atoms with van der Waals surface area (Å²) in [6.07, 6.45) is 0.607. The molecular weight excluding hydrogens is 410 g/mol. The molecule has 0 bridgehead atoms. The normalized spacial score (nSPS) is 15.7. The summed E-state index contributed by atoms with van der Waals surface area (Å²) in [5.41, 5.74) is 2.88. The van der Waals surface area contributed by atoms with Crippen LogP contribution in [-0.4, -0.2) is 86.9 Å². The van der Waals surface area contributed by atoms with Gasteiger partial charge in [0.1, 0.15) is 0 Å². The van der Waals surface area contributed by atoms with Crippen LogP contribution in [0.15, 0.2) is 16.8 Å². The van der Waals surface area contributed by atoms with E-state index in [9.17, 15) is 14.4 Å². The lowest BCUT2D eigenvalue weighted by Gasteiger charge is -2.34. The third-order valence-electron chi connectivity index (χ3n) is 5.20. The van der Waals surface area contributed by atoms with Crippen LogP contribution < -0.4 is 0 Å². The third-order valence-corrected chi connectivity index (χ3v) is 5.89. The molecule has 2 aromatic heterocycles. The maximum Gasteiger partial charge on any atom is 0.290 e. The van der Waals surface area contributed by atoms with Gasteiger partial charge in [0.05, 0.1) is 17.8 Å². The van der Waals surface area contributed by atoms with Crippen LogP contribution in [0.1, 0.15) is 39.0 Å². The van der Waals surface area contributed by atoms with Crippen molar-refractivity contribution in [2.45, 2.75) is 19.9 Å². The van der Waals surface area contributed by atoms with E-state index < -0.39 is 0 Å². The molecule has 0 saturated carbocycles. The van der Waals surface area contributed by atoms with Gasteiger partial charge in [-0.2, -0.15) is 16.4 Å². The number of nitrogens with zero attached hydrogens (tertiary/aromatic N) is 4. The molecule has 0 radical (unpaired) electrons. The number of fused-ring (bicyclic) bond motifs is 1. The van der Waals surface area contributed by atoms with Crippen molar-refractivity contribution in [1.82, 2.24) is 24.9 Å². The molecule has 0 atom stereocenters. The summed E-state index contributed by atoms with van der Waals surface area (Å²) in [6, 6.07) is 1.82. The Balaban J connectivity index is 0.000000806. The molecule has 4 heterocycles. The topological polar surface area (TPSA) is 127 Å².